The molecular formula is C19H17ClFNO2. The van der Waals surface area contributed by atoms with E-state index in [0.29, 0.717) is 11.5 Å². The molecule has 0 aliphatic carbocycles. The maximum absolute atomic E-state index is 13.2. The normalized spacial score (nSPS) is 13.7. The number of rotatable bonds is 4. The first-order chi connectivity index (χ1) is 11.4. The Labute approximate surface area is 144 Å². The number of ether oxygens (including phenoxy) is 1. The lowest BCUT2D eigenvalue weighted by Gasteiger charge is -2.22. The molecular weight excluding hydrogens is 329 g/mol. The van der Waals surface area contributed by atoms with Gasteiger partial charge in [0.1, 0.15) is 17.3 Å². The van der Waals surface area contributed by atoms with Gasteiger partial charge in [-0.15, -0.1) is 0 Å². The highest BCUT2D eigenvalue weighted by atomic mass is 35.5. The molecule has 0 aromatic heterocycles. The molecule has 24 heavy (non-hydrogen) atoms. The summed E-state index contributed by atoms with van der Waals surface area (Å²) >= 11 is 5.76. The van der Waals surface area contributed by atoms with Crippen molar-refractivity contribution in [3.8, 4) is 11.5 Å². The van der Waals surface area contributed by atoms with Crippen LogP contribution in [0, 0.1) is 5.82 Å². The van der Waals surface area contributed by atoms with E-state index in [9.17, 15) is 9.50 Å². The lowest BCUT2D eigenvalue weighted by molar-refractivity contribution is 0.210. The Morgan fingerprint density at radius 2 is 1.67 bits per heavy atom. The summed E-state index contributed by atoms with van der Waals surface area (Å²) in [7, 11) is 0. The molecule has 0 amide bonds. The average Bonchev–Trinajstić information content (AvgIpc) is 2.57. The van der Waals surface area contributed by atoms with E-state index in [1.165, 1.54) is 18.2 Å². The third-order valence-electron chi connectivity index (χ3n) is 3.93. The number of halogens is 2. The van der Waals surface area contributed by atoms with Gasteiger partial charge in [-0.25, -0.2) is 4.39 Å². The van der Waals surface area contributed by atoms with Gasteiger partial charge in [-0.05, 0) is 53.6 Å². The number of benzene rings is 3. The van der Waals surface area contributed by atoms with Crippen LogP contribution in [0.2, 0.25) is 5.02 Å². The standard InChI is InChI=1S/C19H17ClFNO2/c1-19(22,11-23)14-4-2-13-9-15(5-3-12(13)8-14)24-16-6-7-18(21)17(20)10-16/h2-10,23H,11,22H2,1H3. The van der Waals surface area contributed by atoms with Gasteiger partial charge < -0.3 is 15.6 Å². The minimum atomic E-state index is -0.784. The number of nitrogens with two attached hydrogens (primary N) is 1. The van der Waals surface area contributed by atoms with Crippen molar-refractivity contribution >= 4 is 22.4 Å². The fraction of sp³-hybridized carbons (Fsp3) is 0.158. The molecule has 3 nitrogen and oxygen atoms in total. The topological polar surface area (TPSA) is 55.5 Å². The van der Waals surface area contributed by atoms with Gasteiger partial charge in [0, 0.05) is 6.07 Å². The van der Waals surface area contributed by atoms with Crippen molar-refractivity contribution in [3.05, 3.63) is 71.0 Å². The molecule has 0 spiro atoms. The van der Waals surface area contributed by atoms with E-state index in [-0.39, 0.29) is 11.6 Å². The molecule has 0 saturated carbocycles. The van der Waals surface area contributed by atoms with Crippen LogP contribution in [-0.2, 0) is 5.54 Å². The zero-order chi connectivity index (χ0) is 17.3. The molecule has 0 bridgehead atoms. The van der Waals surface area contributed by atoms with E-state index in [4.69, 9.17) is 22.1 Å². The summed E-state index contributed by atoms with van der Waals surface area (Å²) < 4.78 is 18.9. The Morgan fingerprint density at radius 1 is 1.04 bits per heavy atom. The Morgan fingerprint density at radius 3 is 2.38 bits per heavy atom. The van der Waals surface area contributed by atoms with Gasteiger partial charge >= 0.3 is 0 Å². The van der Waals surface area contributed by atoms with Crippen LogP contribution >= 0.6 is 11.6 Å². The molecule has 3 rings (SSSR count). The summed E-state index contributed by atoms with van der Waals surface area (Å²) in [5, 5.41) is 11.4. The monoisotopic (exact) mass is 345 g/mol. The maximum atomic E-state index is 13.2. The molecule has 0 heterocycles. The first-order valence-corrected chi connectivity index (χ1v) is 7.84. The highest BCUT2D eigenvalue weighted by Crippen LogP contribution is 2.30. The molecule has 0 fully saturated rings. The highest BCUT2D eigenvalue weighted by molar-refractivity contribution is 6.30. The highest BCUT2D eigenvalue weighted by Gasteiger charge is 2.20. The lowest BCUT2D eigenvalue weighted by Crippen LogP contribution is -2.36. The Balaban J connectivity index is 1.91. The number of aliphatic hydroxyl groups excluding tert-OH is 1. The molecule has 0 saturated heterocycles. The maximum Gasteiger partial charge on any atom is 0.142 e. The van der Waals surface area contributed by atoms with Gasteiger partial charge in [0.05, 0.1) is 17.2 Å². The molecule has 3 aromatic rings. The fourth-order valence-electron chi connectivity index (χ4n) is 2.41. The molecule has 1 unspecified atom stereocenters. The van der Waals surface area contributed by atoms with E-state index in [2.05, 4.69) is 0 Å². The Kier molecular flexibility index (Phi) is 4.45. The summed E-state index contributed by atoms with van der Waals surface area (Å²) in [6.07, 6.45) is 0. The molecule has 3 aromatic carbocycles. The smallest absolute Gasteiger partial charge is 0.142 e. The van der Waals surface area contributed by atoms with Crippen LogP contribution in [0.5, 0.6) is 11.5 Å². The van der Waals surface area contributed by atoms with Crippen LogP contribution < -0.4 is 10.5 Å². The molecule has 124 valence electrons. The first-order valence-electron chi connectivity index (χ1n) is 7.46. The number of fused-ring (bicyclic) bond motifs is 1. The molecule has 5 heteroatoms. The lowest BCUT2D eigenvalue weighted by atomic mass is 9.92. The van der Waals surface area contributed by atoms with Gasteiger partial charge in [0.25, 0.3) is 0 Å². The second-order valence-electron chi connectivity index (χ2n) is 5.98. The van der Waals surface area contributed by atoms with Gasteiger partial charge in [0.15, 0.2) is 0 Å². The Bertz CT molecular complexity index is 896. The zero-order valence-electron chi connectivity index (χ0n) is 13.1. The van der Waals surface area contributed by atoms with Crippen LogP contribution in [0.1, 0.15) is 12.5 Å². The molecule has 3 N–H and O–H groups in total. The summed E-state index contributed by atoms with van der Waals surface area (Å²) in [5.74, 6) is 0.603. The number of hydrogen-bond acceptors (Lipinski definition) is 3. The van der Waals surface area contributed by atoms with E-state index < -0.39 is 11.4 Å². The number of aliphatic hydroxyl groups is 1. The third kappa shape index (κ3) is 3.36. The van der Waals surface area contributed by atoms with E-state index in [1.54, 1.807) is 6.92 Å². The third-order valence-corrected chi connectivity index (χ3v) is 4.22. The van der Waals surface area contributed by atoms with E-state index >= 15 is 0 Å². The van der Waals surface area contributed by atoms with Crippen molar-refractivity contribution in [2.75, 3.05) is 6.61 Å². The van der Waals surface area contributed by atoms with Crippen LogP contribution in [0.3, 0.4) is 0 Å². The summed E-state index contributed by atoms with van der Waals surface area (Å²) in [5.41, 5.74) is 6.14. The molecule has 0 radical (unpaired) electrons. The van der Waals surface area contributed by atoms with Gasteiger partial charge in [-0.1, -0.05) is 29.8 Å². The molecule has 1 atom stereocenters. The van der Waals surface area contributed by atoms with Crippen LogP contribution in [0.15, 0.2) is 54.6 Å². The van der Waals surface area contributed by atoms with Crippen LogP contribution in [0.4, 0.5) is 4.39 Å². The Hall–Kier alpha value is -2.14. The molecule has 0 aliphatic rings. The summed E-state index contributed by atoms with van der Waals surface area (Å²) in [6, 6.07) is 15.6. The van der Waals surface area contributed by atoms with Gasteiger partial charge in [-0.2, -0.15) is 0 Å². The van der Waals surface area contributed by atoms with Crippen molar-refractivity contribution in [2.24, 2.45) is 5.73 Å². The largest absolute Gasteiger partial charge is 0.457 e. The zero-order valence-corrected chi connectivity index (χ0v) is 13.8. The average molecular weight is 346 g/mol. The predicted octanol–water partition coefficient (Wildman–Crippen LogP) is 4.59. The van der Waals surface area contributed by atoms with Crippen molar-refractivity contribution in [2.45, 2.75) is 12.5 Å². The van der Waals surface area contributed by atoms with Gasteiger partial charge in [-0.3, -0.25) is 0 Å². The molecule has 0 aliphatic heterocycles. The minimum Gasteiger partial charge on any atom is -0.457 e. The summed E-state index contributed by atoms with van der Waals surface area (Å²) in [6.45, 7) is 1.65. The van der Waals surface area contributed by atoms with Gasteiger partial charge in [0.2, 0.25) is 0 Å². The van der Waals surface area contributed by atoms with E-state index in [1.807, 2.05) is 36.4 Å². The second kappa shape index (κ2) is 6.40. The summed E-state index contributed by atoms with van der Waals surface area (Å²) in [4.78, 5) is 0. The van der Waals surface area contributed by atoms with E-state index in [0.717, 1.165) is 16.3 Å². The SMILES string of the molecule is CC(N)(CO)c1ccc2cc(Oc3ccc(F)c(Cl)c3)ccc2c1. The predicted molar refractivity (Wildman–Crippen MR) is 94.1 cm³/mol. The van der Waals surface area contributed by atoms with Crippen molar-refractivity contribution < 1.29 is 14.2 Å². The van der Waals surface area contributed by atoms with Crippen molar-refractivity contribution in [1.82, 2.24) is 0 Å². The van der Waals surface area contributed by atoms with Crippen LogP contribution in [0.25, 0.3) is 10.8 Å². The minimum absolute atomic E-state index is 0.0177. The quantitative estimate of drug-likeness (QED) is 0.727. The number of hydrogen-bond donors (Lipinski definition) is 2. The fourth-order valence-corrected chi connectivity index (χ4v) is 2.58. The van der Waals surface area contributed by atoms with Crippen LogP contribution in [-0.4, -0.2) is 11.7 Å². The first kappa shape index (κ1) is 16.7. The second-order valence-corrected chi connectivity index (χ2v) is 6.38. The van der Waals surface area contributed by atoms with Crippen molar-refractivity contribution in [1.29, 1.82) is 0 Å². The van der Waals surface area contributed by atoms with Crippen molar-refractivity contribution in [3.63, 3.8) is 0 Å².